The Labute approximate surface area is 177 Å². The molecule has 1 aliphatic rings. The molecular formula is C27H38O2. The van der Waals surface area contributed by atoms with E-state index in [2.05, 4.69) is 38.1 Å². The maximum atomic E-state index is 10.4. The highest BCUT2D eigenvalue weighted by Gasteiger charge is 2.34. The first-order valence-corrected chi connectivity index (χ1v) is 11.8. The van der Waals surface area contributed by atoms with Gasteiger partial charge in [0.05, 0.1) is 0 Å². The molecule has 1 aliphatic carbocycles. The molecule has 2 nitrogen and oxygen atoms in total. The second-order valence-electron chi connectivity index (χ2n) is 8.89. The summed E-state index contributed by atoms with van der Waals surface area (Å²) >= 11 is 0. The monoisotopic (exact) mass is 394 g/mol. The molecule has 2 aromatic carbocycles. The van der Waals surface area contributed by atoms with E-state index in [1.807, 2.05) is 12.1 Å². The van der Waals surface area contributed by atoms with Crippen LogP contribution in [0.5, 0.6) is 11.5 Å². The molecule has 2 aromatic rings. The van der Waals surface area contributed by atoms with Crippen molar-refractivity contribution >= 4 is 0 Å². The Balaban J connectivity index is 2.14. The Morgan fingerprint density at radius 3 is 1.48 bits per heavy atom. The number of rotatable bonds is 6. The molecule has 0 aliphatic heterocycles. The van der Waals surface area contributed by atoms with Crippen molar-refractivity contribution in [2.75, 3.05) is 0 Å². The summed E-state index contributed by atoms with van der Waals surface area (Å²) in [7, 11) is 0. The molecule has 158 valence electrons. The summed E-state index contributed by atoms with van der Waals surface area (Å²) in [6.07, 6.45) is 13.9. The average Bonchev–Trinajstić information content (AvgIpc) is 2.84. The summed E-state index contributed by atoms with van der Waals surface area (Å²) in [6, 6.07) is 12.6. The van der Waals surface area contributed by atoms with Crippen molar-refractivity contribution in [3.05, 3.63) is 58.7 Å². The van der Waals surface area contributed by atoms with Crippen molar-refractivity contribution in [3.8, 4) is 11.5 Å². The smallest absolute Gasteiger partial charge is 0.118 e. The standard InChI is InChI=1S/C27H38O2/c1-3-11-21-19-23(13-15-25(21)28)27(17-9-7-5-6-8-10-18-27)24-14-16-26(29)22(20-24)12-4-2/h13-16,19-20,28-29H,3-12,17-18H2,1-2H3. The molecule has 0 saturated heterocycles. The number of aromatic hydroxyl groups is 2. The zero-order chi connectivity index (χ0) is 20.7. The van der Waals surface area contributed by atoms with Gasteiger partial charge in [-0.3, -0.25) is 0 Å². The lowest BCUT2D eigenvalue weighted by Crippen LogP contribution is -2.28. The third kappa shape index (κ3) is 4.97. The minimum Gasteiger partial charge on any atom is -0.508 e. The van der Waals surface area contributed by atoms with Crippen molar-refractivity contribution in [3.63, 3.8) is 0 Å². The summed E-state index contributed by atoms with van der Waals surface area (Å²) in [5.74, 6) is 0.845. The van der Waals surface area contributed by atoms with Gasteiger partial charge in [0.2, 0.25) is 0 Å². The van der Waals surface area contributed by atoms with E-state index in [-0.39, 0.29) is 5.41 Å². The molecule has 1 fully saturated rings. The Bertz CT molecular complexity index is 726. The zero-order valence-corrected chi connectivity index (χ0v) is 18.3. The van der Waals surface area contributed by atoms with Crippen LogP contribution in [0.2, 0.25) is 0 Å². The number of aryl methyl sites for hydroxylation is 2. The normalized spacial score (nSPS) is 17.3. The molecule has 0 radical (unpaired) electrons. The van der Waals surface area contributed by atoms with Crippen molar-refractivity contribution in [1.29, 1.82) is 0 Å². The summed E-state index contributed by atoms with van der Waals surface area (Å²) in [6.45, 7) is 4.33. The van der Waals surface area contributed by atoms with E-state index in [1.165, 1.54) is 49.7 Å². The Hall–Kier alpha value is -1.96. The lowest BCUT2D eigenvalue weighted by Gasteiger charge is -2.36. The Morgan fingerprint density at radius 2 is 1.07 bits per heavy atom. The summed E-state index contributed by atoms with van der Waals surface area (Å²) in [4.78, 5) is 0. The summed E-state index contributed by atoms with van der Waals surface area (Å²) in [5.41, 5.74) is 4.78. The number of phenols is 2. The van der Waals surface area contributed by atoms with E-state index in [1.54, 1.807) is 0 Å². The van der Waals surface area contributed by atoms with Crippen molar-refractivity contribution < 1.29 is 10.2 Å². The fourth-order valence-corrected chi connectivity index (χ4v) is 5.14. The van der Waals surface area contributed by atoms with Crippen LogP contribution in [-0.4, -0.2) is 10.2 Å². The van der Waals surface area contributed by atoms with Crippen molar-refractivity contribution in [2.24, 2.45) is 0 Å². The third-order valence-corrected chi connectivity index (χ3v) is 6.76. The van der Waals surface area contributed by atoms with Crippen LogP contribution in [0.15, 0.2) is 36.4 Å². The van der Waals surface area contributed by atoms with Crippen LogP contribution < -0.4 is 0 Å². The van der Waals surface area contributed by atoms with Gasteiger partial charge >= 0.3 is 0 Å². The highest BCUT2D eigenvalue weighted by Crippen LogP contribution is 2.45. The molecule has 2 heteroatoms. The molecule has 0 aromatic heterocycles. The third-order valence-electron chi connectivity index (χ3n) is 6.76. The maximum absolute atomic E-state index is 10.4. The SMILES string of the molecule is CCCc1cc(C2(c3ccc(O)c(CCC)c3)CCCCCCCC2)ccc1O. The van der Waals surface area contributed by atoms with E-state index in [0.29, 0.717) is 11.5 Å². The Morgan fingerprint density at radius 1 is 0.655 bits per heavy atom. The van der Waals surface area contributed by atoms with Gasteiger partial charge in [0.15, 0.2) is 0 Å². The molecule has 0 unspecified atom stereocenters. The molecule has 0 atom stereocenters. The zero-order valence-electron chi connectivity index (χ0n) is 18.3. The van der Waals surface area contributed by atoms with Gasteiger partial charge in [-0.2, -0.15) is 0 Å². The van der Waals surface area contributed by atoms with Gasteiger partial charge in [0, 0.05) is 5.41 Å². The minimum atomic E-state index is -0.0310. The lowest BCUT2D eigenvalue weighted by atomic mass is 9.67. The quantitative estimate of drug-likeness (QED) is 0.535. The second-order valence-corrected chi connectivity index (χ2v) is 8.89. The largest absolute Gasteiger partial charge is 0.508 e. The van der Waals surface area contributed by atoms with Crippen LogP contribution in [0.25, 0.3) is 0 Å². The van der Waals surface area contributed by atoms with Gasteiger partial charge in [-0.05, 0) is 60.1 Å². The maximum Gasteiger partial charge on any atom is 0.118 e. The molecule has 2 N–H and O–H groups in total. The van der Waals surface area contributed by atoms with Gasteiger partial charge in [-0.25, -0.2) is 0 Å². The highest BCUT2D eigenvalue weighted by molar-refractivity contribution is 5.48. The van der Waals surface area contributed by atoms with Gasteiger partial charge in [-0.15, -0.1) is 0 Å². The average molecular weight is 395 g/mol. The van der Waals surface area contributed by atoms with Gasteiger partial charge < -0.3 is 10.2 Å². The van der Waals surface area contributed by atoms with Crippen molar-refractivity contribution in [1.82, 2.24) is 0 Å². The van der Waals surface area contributed by atoms with Gasteiger partial charge in [0.1, 0.15) is 11.5 Å². The summed E-state index contributed by atoms with van der Waals surface area (Å²) < 4.78 is 0. The molecule has 0 spiro atoms. The van der Waals surface area contributed by atoms with Crippen LogP contribution in [0, 0.1) is 0 Å². The topological polar surface area (TPSA) is 40.5 Å². The van der Waals surface area contributed by atoms with Gasteiger partial charge in [-0.1, -0.05) is 89.5 Å². The first-order chi connectivity index (χ1) is 14.1. The fourth-order valence-electron chi connectivity index (χ4n) is 5.14. The van der Waals surface area contributed by atoms with Crippen LogP contribution in [0.1, 0.15) is 100 Å². The van der Waals surface area contributed by atoms with Crippen LogP contribution in [-0.2, 0) is 18.3 Å². The highest BCUT2D eigenvalue weighted by atomic mass is 16.3. The number of benzene rings is 2. The summed E-state index contributed by atoms with van der Waals surface area (Å²) in [5, 5.41) is 20.8. The van der Waals surface area contributed by atoms with Crippen LogP contribution >= 0.6 is 0 Å². The molecule has 0 bridgehead atoms. The van der Waals surface area contributed by atoms with E-state index < -0.39 is 0 Å². The number of hydrogen-bond acceptors (Lipinski definition) is 2. The van der Waals surface area contributed by atoms with E-state index in [4.69, 9.17) is 0 Å². The Kier molecular flexibility index (Phi) is 7.64. The van der Waals surface area contributed by atoms with E-state index >= 15 is 0 Å². The fraction of sp³-hybridized carbons (Fsp3) is 0.556. The predicted molar refractivity (Wildman–Crippen MR) is 122 cm³/mol. The van der Waals surface area contributed by atoms with Crippen LogP contribution in [0.3, 0.4) is 0 Å². The second kappa shape index (κ2) is 10.2. The number of phenolic OH excluding ortho intramolecular Hbond substituents is 2. The van der Waals surface area contributed by atoms with Crippen molar-refractivity contribution in [2.45, 2.75) is 96.3 Å². The molecule has 0 heterocycles. The lowest BCUT2D eigenvalue weighted by molar-refractivity contribution is 0.409. The first-order valence-electron chi connectivity index (χ1n) is 11.8. The molecule has 1 saturated carbocycles. The predicted octanol–water partition coefficient (Wildman–Crippen LogP) is 7.42. The number of hydrogen-bond donors (Lipinski definition) is 2. The first kappa shape index (κ1) is 21.7. The van der Waals surface area contributed by atoms with E-state index in [9.17, 15) is 10.2 Å². The van der Waals surface area contributed by atoms with E-state index in [0.717, 1.165) is 49.7 Å². The van der Waals surface area contributed by atoms with Crippen LogP contribution in [0.4, 0.5) is 0 Å². The molecule has 29 heavy (non-hydrogen) atoms. The molecular weight excluding hydrogens is 356 g/mol. The minimum absolute atomic E-state index is 0.0310. The molecule has 0 amide bonds. The van der Waals surface area contributed by atoms with Gasteiger partial charge in [0.25, 0.3) is 0 Å². The molecule has 3 rings (SSSR count).